The lowest BCUT2D eigenvalue weighted by Gasteiger charge is -2.30. The molecule has 6 nitrogen and oxygen atoms in total. The molecule has 1 aromatic carbocycles. The second kappa shape index (κ2) is 13.4. The number of hydrogen-bond donors (Lipinski definition) is 3. The molecule has 0 radical (unpaired) electrons. The molecule has 0 aliphatic rings. The number of hydrogen-bond acceptors (Lipinski definition) is 4. The number of nitrogens with one attached hydrogen (secondary N) is 1. The summed E-state index contributed by atoms with van der Waals surface area (Å²) in [4.78, 5) is 23.6. The number of carbonyl (C=O) groups is 2. The van der Waals surface area contributed by atoms with Gasteiger partial charge in [0.2, 0.25) is 0 Å². The molecule has 0 aliphatic carbocycles. The Balaban J connectivity index is 2.80. The summed E-state index contributed by atoms with van der Waals surface area (Å²) in [6.07, 6.45) is 4.52. The van der Waals surface area contributed by atoms with Crippen molar-refractivity contribution < 1.29 is 24.5 Å². The lowest BCUT2D eigenvalue weighted by molar-refractivity contribution is -0.139. The quantitative estimate of drug-likeness (QED) is 0.397. The van der Waals surface area contributed by atoms with Crippen molar-refractivity contribution in [1.29, 1.82) is 0 Å². The number of amides is 1. The first-order chi connectivity index (χ1) is 14.5. The van der Waals surface area contributed by atoms with Gasteiger partial charge in [-0.2, -0.15) is 0 Å². The molecule has 0 saturated heterocycles. The average molecular weight is 436 g/mol. The second-order valence-electron chi connectivity index (χ2n) is 9.46. The highest BCUT2D eigenvalue weighted by Crippen LogP contribution is 2.30. The van der Waals surface area contributed by atoms with Crippen molar-refractivity contribution in [3.63, 3.8) is 0 Å². The van der Waals surface area contributed by atoms with E-state index in [9.17, 15) is 19.8 Å². The number of aliphatic hydroxyl groups is 1. The minimum Gasteiger partial charge on any atom is -0.480 e. The predicted molar refractivity (Wildman–Crippen MR) is 123 cm³/mol. The van der Waals surface area contributed by atoms with Gasteiger partial charge >= 0.3 is 12.1 Å². The van der Waals surface area contributed by atoms with E-state index in [0.717, 1.165) is 32.1 Å². The van der Waals surface area contributed by atoms with Gasteiger partial charge in [0.05, 0.1) is 6.10 Å². The minimum absolute atomic E-state index is 0.155. The molecule has 4 atom stereocenters. The summed E-state index contributed by atoms with van der Waals surface area (Å²) in [7, 11) is 0. The summed E-state index contributed by atoms with van der Waals surface area (Å²) < 4.78 is 5.19. The van der Waals surface area contributed by atoms with Crippen molar-refractivity contribution >= 4 is 12.1 Å². The zero-order chi connectivity index (χ0) is 23.4. The molecule has 176 valence electrons. The summed E-state index contributed by atoms with van der Waals surface area (Å²) in [5, 5.41) is 22.4. The van der Waals surface area contributed by atoms with Crippen molar-refractivity contribution in [3.8, 4) is 0 Å². The molecular weight excluding hydrogens is 394 g/mol. The lowest BCUT2D eigenvalue weighted by atomic mass is 9.77. The summed E-state index contributed by atoms with van der Waals surface area (Å²) in [6.45, 7) is 9.21. The predicted octanol–water partition coefficient (Wildman–Crippen LogP) is 5.18. The van der Waals surface area contributed by atoms with Crippen LogP contribution in [0.5, 0.6) is 0 Å². The third kappa shape index (κ3) is 11.2. The first-order valence-electron chi connectivity index (χ1n) is 11.5. The fourth-order valence-corrected chi connectivity index (χ4v) is 3.99. The smallest absolute Gasteiger partial charge is 0.408 e. The van der Waals surface area contributed by atoms with E-state index in [1.807, 2.05) is 25.1 Å². The van der Waals surface area contributed by atoms with Crippen LogP contribution in [-0.4, -0.2) is 40.0 Å². The Bertz CT molecular complexity index is 654. The number of ether oxygens (including phenoxy) is 1. The van der Waals surface area contributed by atoms with Crippen LogP contribution in [0.25, 0.3) is 0 Å². The van der Waals surface area contributed by atoms with Crippen molar-refractivity contribution in [2.75, 3.05) is 0 Å². The number of alkyl carbamates (subject to hydrolysis) is 1. The minimum atomic E-state index is -1.07. The van der Waals surface area contributed by atoms with Crippen LogP contribution < -0.4 is 5.32 Å². The number of carbonyl (C=O) groups excluding carboxylic acids is 1. The molecule has 0 heterocycles. The van der Waals surface area contributed by atoms with Crippen LogP contribution in [0.15, 0.2) is 30.3 Å². The van der Waals surface area contributed by atoms with Gasteiger partial charge < -0.3 is 20.3 Å². The monoisotopic (exact) mass is 435 g/mol. The highest BCUT2D eigenvalue weighted by molar-refractivity contribution is 5.79. The summed E-state index contributed by atoms with van der Waals surface area (Å²) in [6, 6.07) is 9.21. The lowest BCUT2D eigenvalue weighted by Crippen LogP contribution is -2.43. The standard InChI is InChI=1S/C25H41NO5/c1-6-7-15-21(18(2)27)20(17-19-12-9-8-10-13-19)14-11-16-22(23(28)29)26-24(30)31-25(3,4)5/h8-10,12-13,18,20-22,27H,6-7,11,14-17H2,1-5H3,(H,26,30)(H,28,29)/t18-,20+,21-,22-/m0/s1. The molecule has 0 aromatic heterocycles. The maximum Gasteiger partial charge on any atom is 0.408 e. The van der Waals surface area contributed by atoms with Crippen LogP contribution >= 0.6 is 0 Å². The van der Waals surface area contributed by atoms with Gasteiger partial charge in [0, 0.05) is 0 Å². The van der Waals surface area contributed by atoms with Crippen molar-refractivity contribution in [3.05, 3.63) is 35.9 Å². The number of aliphatic carboxylic acids is 1. The Kier molecular flexibility index (Phi) is 11.6. The van der Waals surface area contributed by atoms with Crippen molar-refractivity contribution in [2.45, 2.75) is 97.3 Å². The van der Waals surface area contributed by atoms with E-state index in [-0.39, 0.29) is 11.8 Å². The van der Waals surface area contributed by atoms with Crippen LogP contribution in [0, 0.1) is 11.8 Å². The van der Waals surface area contributed by atoms with Crippen LogP contribution in [0.4, 0.5) is 4.79 Å². The summed E-state index contributed by atoms with van der Waals surface area (Å²) in [5.74, 6) is -0.671. The SMILES string of the molecule is CCCC[C@H]([C@H](CCC[C@H](NC(=O)OC(C)(C)C)C(=O)O)Cc1ccccc1)[C@H](C)O. The van der Waals surface area contributed by atoms with Crippen molar-refractivity contribution in [1.82, 2.24) is 5.32 Å². The highest BCUT2D eigenvalue weighted by Gasteiger charge is 2.28. The number of carboxylic acids is 1. The van der Waals surface area contributed by atoms with Crippen molar-refractivity contribution in [2.24, 2.45) is 11.8 Å². The summed E-state index contributed by atoms with van der Waals surface area (Å²) in [5.41, 5.74) is 0.536. The van der Waals surface area contributed by atoms with Gasteiger partial charge in [-0.1, -0.05) is 56.5 Å². The molecule has 0 aliphatic heterocycles. The zero-order valence-corrected chi connectivity index (χ0v) is 19.8. The van der Waals surface area contributed by atoms with Gasteiger partial charge in [-0.25, -0.2) is 9.59 Å². The molecule has 31 heavy (non-hydrogen) atoms. The maximum absolute atomic E-state index is 12.0. The van der Waals surface area contributed by atoms with Crippen LogP contribution in [-0.2, 0) is 16.0 Å². The Labute approximate surface area is 187 Å². The number of unbranched alkanes of at least 4 members (excludes halogenated alkanes) is 1. The van der Waals surface area contributed by atoms with E-state index < -0.39 is 29.8 Å². The van der Waals surface area contributed by atoms with Gasteiger partial charge in [-0.05, 0) is 70.8 Å². The normalized spacial score (nSPS) is 15.5. The zero-order valence-electron chi connectivity index (χ0n) is 19.8. The van der Waals surface area contributed by atoms with E-state index in [1.165, 1.54) is 5.56 Å². The largest absolute Gasteiger partial charge is 0.480 e. The fourth-order valence-electron chi connectivity index (χ4n) is 3.99. The summed E-state index contributed by atoms with van der Waals surface area (Å²) >= 11 is 0. The maximum atomic E-state index is 12.0. The molecule has 1 amide bonds. The topological polar surface area (TPSA) is 95.9 Å². The van der Waals surface area contributed by atoms with E-state index in [0.29, 0.717) is 12.8 Å². The number of carboxylic acid groups (broad SMARTS) is 1. The van der Waals surface area contributed by atoms with Gasteiger partial charge in [0.25, 0.3) is 0 Å². The molecule has 1 aromatic rings. The third-order valence-electron chi connectivity index (χ3n) is 5.51. The molecule has 6 heteroatoms. The Morgan fingerprint density at radius 2 is 1.71 bits per heavy atom. The van der Waals surface area contributed by atoms with Crippen LogP contribution in [0.1, 0.15) is 78.7 Å². The molecule has 1 rings (SSSR count). The molecule has 0 fully saturated rings. The molecule has 0 bridgehead atoms. The van der Waals surface area contributed by atoms with Gasteiger partial charge in [0.1, 0.15) is 11.6 Å². The van der Waals surface area contributed by atoms with Crippen LogP contribution in [0.2, 0.25) is 0 Å². The highest BCUT2D eigenvalue weighted by atomic mass is 16.6. The van der Waals surface area contributed by atoms with E-state index in [4.69, 9.17) is 4.74 Å². The molecule has 0 saturated carbocycles. The second-order valence-corrected chi connectivity index (χ2v) is 9.46. The Hall–Kier alpha value is -2.08. The molecule has 0 spiro atoms. The Morgan fingerprint density at radius 3 is 2.23 bits per heavy atom. The van der Waals surface area contributed by atoms with Gasteiger partial charge in [-0.3, -0.25) is 0 Å². The number of aliphatic hydroxyl groups excluding tert-OH is 1. The average Bonchev–Trinajstić information content (AvgIpc) is 2.66. The fraction of sp³-hybridized carbons (Fsp3) is 0.680. The Morgan fingerprint density at radius 1 is 1.06 bits per heavy atom. The first-order valence-corrected chi connectivity index (χ1v) is 11.5. The van der Waals surface area contributed by atoms with E-state index >= 15 is 0 Å². The van der Waals surface area contributed by atoms with Crippen LogP contribution in [0.3, 0.4) is 0 Å². The first kappa shape index (κ1) is 27.0. The molecule has 0 unspecified atom stereocenters. The number of benzene rings is 1. The van der Waals surface area contributed by atoms with Gasteiger partial charge in [0.15, 0.2) is 0 Å². The third-order valence-corrected chi connectivity index (χ3v) is 5.51. The molecule has 3 N–H and O–H groups in total. The number of rotatable bonds is 13. The van der Waals surface area contributed by atoms with Gasteiger partial charge in [-0.15, -0.1) is 0 Å². The van der Waals surface area contributed by atoms with E-state index in [2.05, 4.69) is 24.4 Å². The molecular formula is C25H41NO5. The van der Waals surface area contributed by atoms with E-state index in [1.54, 1.807) is 20.8 Å².